The number of nitrogens with one attached hydrogen (secondary N) is 1. The number of H-pyrrole nitrogens is 1. The van der Waals surface area contributed by atoms with Gasteiger partial charge in [-0.15, -0.1) is 0 Å². The number of ether oxygens (including phenoxy) is 2. The third-order valence-corrected chi connectivity index (χ3v) is 5.06. The Morgan fingerprint density at radius 1 is 1.20 bits per heavy atom. The Balaban J connectivity index is 0.00000225. The van der Waals surface area contributed by atoms with E-state index in [-0.39, 0.29) is 57.1 Å². The summed E-state index contributed by atoms with van der Waals surface area (Å²) in [6, 6.07) is 5.50. The van der Waals surface area contributed by atoms with Gasteiger partial charge in [-0.05, 0) is 26.0 Å². The van der Waals surface area contributed by atoms with Crippen molar-refractivity contribution in [2.24, 2.45) is 0 Å². The first-order valence-electron chi connectivity index (χ1n) is 7.44. The number of methoxy groups -OCH3 is 2. The maximum absolute atomic E-state index is 12.7. The molecule has 1 atom stereocenters. The monoisotopic (exact) mass is 384 g/mol. The fourth-order valence-corrected chi connectivity index (χ4v) is 3.71. The molecule has 0 saturated carbocycles. The molecule has 127 valence electrons. The Morgan fingerprint density at radius 3 is 2.64 bits per heavy atom. The summed E-state index contributed by atoms with van der Waals surface area (Å²) < 4.78 is 23.3. The van der Waals surface area contributed by atoms with E-state index in [4.69, 9.17) is 9.47 Å². The maximum atomic E-state index is 12.7. The van der Waals surface area contributed by atoms with Crippen LogP contribution in [0.3, 0.4) is 0 Å². The molecule has 3 rings (SSSR count). The van der Waals surface area contributed by atoms with Crippen molar-refractivity contribution >= 4 is 73.2 Å². The van der Waals surface area contributed by atoms with Crippen LogP contribution in [-0.2, 0) is 16.6 Å². The quantitative estimate of drug-likeness (QED) is 0.684. The van der Waals surface area contributed by atoms with E-state index in [0.717, 1.165) is 39.4 Å². The second-order valence-electron chi connectivity index (χ2n) is 5.46. The molecule has 0 aliphatic carbocycles. The molecule has 0 spiro atoms. The van der Waals surface area contributed by atoms with Crippen LogP contribution < -0.4 is 9.47 Å². The molecule has 0 aliphatic rings. The molecule has 0 saturated heterocycles. The predicted molar refractivity (Wildman–Crippen MR) is 98.8 cm³/mol. The topological polar surface area (TPSA) is 77.1 Å². The molecule has 6 nitrogen and oxygen atoms in total. The molecular weight excluding hydrogens is 365 g/mol. The van der Waals surface area contributed by atoms with Crippen molar-refractivity contribution in [2.75, 3.05) is 14.2 Å². The summed E-state index contributed by atoms with van der Waals surface area (Å²) in [5.41, 5.74) is 4.16. The van der Waals surface area contributed by atoms with Gasteiger partial charge in [0, 0.05) is 74.8 Å². The molecular formula is C17H19KN3O3S. The number of aromatic nitrogens is 3. The van der Waals surface area contributed by atoms with Crippen molar-refractivity contribution in [1.82, 2.24) is 15.0 Å². The number of aryl methyl sites for hydroxylation is 1. The van der Waals surface area contributed by atoms with E-state index in [0.29, 0.717) is 5.16 Å². The van der Waals surface area contributed by atoms with Crippen molar-refractivity contribution in [3.63, 3.8) is 0 Å². The molecule has 1 radical (unpaired) electrons. The van der Waals surface area contributed by atoms with Crippen LogP contribution in [0.1, 0.15) is 16.8 Å². The van der Waals surface area contributed by atoms with Gasteiger partial charge in [0.05, 0.1) is 47.5 Å². The standard InChI is InChI=1S/C17H19N3O3S.K/c1-10-8-18-15(11(2)16(10)23-4)9-24(21)17-19-13-6-5-12(22-3)7-14(13)20-17;/h5-8H,9H2,1-4H3,(H,19,20);/t24-;/m1./s1. The smallest absolute Gasteiger partial charge is 0.197 e. The number of imidazole rings is 1. The van der Waals surface area contributed by atoms with Crippen LogP contribution in [0.25, 0.3) is 11.0 Å². The zero-order valence-corrected chi connectivity index (χ0v) is 19.0. The zero-order valence-electron chi connectivity index (χ0n) is 15.0. The summed E-state index contributed by atoms with van der Waals surface area (Å²) in [7, 11) is 1.91. The van der Waals surface area contributed by atoms with Gasteiger partial charge in [-0.25, -0.2) is 4.98 Å². The first-order valence-corrected chi connectivity index (χ1v) is 8.76. The van der Waals surface area contributed by atoms with Crippen LogP contribution in [0.2, 0.25) is 0 Å². The summed E-state index contributed by atoms with van der Waals surface area (Å²) in [4.78, 5) is 11.9. The molecule has 1 N–H and O–H groups in total. The largest absolute Gasteiger partial charge is 0.497 e. The summed E-state index contributed by atoms with van der Waals surface area (Å²) in [6.45, 7) is 3.86. The van der Waals surface area contributed by atoms with Crippen LogP contribution in [-0.4, -0.2) is 84.8 Å². The third-order valence-electron chi connectivity index (χ3n) is 3.90. The first kappa shape index (κ1) is 20.5. The number of rotatable bonds is 5. The van der Waals surface area contributed by atoms with Gasteiger partial charge >= 0.3 is 0 Å². The van der Waals surface area contributed by atoms with Gasteiger partial charge in [-0.2, -0.15) is 0 Å². The number of pyridine rings is 1. The fourth-order valence-electron chi connectivity index (χ4n) is 2.61. The van der Waals surface area contributed by atoms with Gasteiger partial charge in [0.1, 0.15) is 11.5 Å². The van der Waals surface area contributed by atoms with Crippen molar-refractivity contribution in [1.29, 1.82) is 0 Å². The number of hydrogen-bond donors (Lipinski definition) is 1. The van der Waals surface area contributed by atoms with Crippen LogP contribution in [0.5, 0.6) is 11.5 Å². The molecule has 8 heteroatoms. The summed E-state index contributed by atoms with van der Waals surface area (Å²) >= 11 is 0. The Bertz CT molecular complexity index is 927. The molecule has 0 amide bonds. The normalized spacial score (nSPS) is 11.8. The minimum Gasteiger partial charge on any atom is -0.497 e. The summed E-state index contributed by atoms with van der Waals surface area (Å²) in [6.07, 6.45) is 1.74. The minimum atomic E-state index is -1.33. The molecule has 2 aromatic heterocycles. The van der Waals surface area contributed by atoms with E-state index in [9.17, 15) is 4.21 Å². The fraction of sp³-hybridized carbons (Fsp3) is 0.294. The predicted octanol–water partition coefficient (Wildman–Crippen LogP) is 2.52. The Labute approximate surface area is 191 Å². The van der Waals surface area contributed by atoms with Gasteiger partial charge < -0.3 is 14.5 Å². The molecule has 0 bridgehead atoms. The first-order chi connectivity index (χ1) is 11.5. The van der Waals surface area contributed by atoms with Crippen molar-refractivity contribution < 1.29 is 13.7 Å². The van der Waals surface area contributed by atoms with E-state index in [1.54, 1.807) is 20.4 Å². The average Bonchev–Trinajstić information content (AvgIpc) is 3.01. The molecule has 1 aromatic carbocycles. The number of benzene rings is 1. The summed E-state index contributed by atoms with van der Waals surface area (Å²) in [5.74, 6) is 1.79. The summed E-state index contributed by atoms with van der Waals surface area (Å²) in [5, 5.41) is 0.430. The average molecular weight is 385 g/mol. The molecule has 0 unspecified atom stereocenters. The number of aromatic amines is 1. The Kier molecular flexibility index (Phi) is 7.18. The van der Waals surface area contributed by atoms with Gasteiger partial charge in [0.2, 0.25) is 0 Å². The zero-order chi connectivity index (χ0) is 17.3. The van der Waals surface area contributed by atoms with Crippen LogP contribution in [0.15, 0.2) is 29.6 Å². The van der Waals surface area contributed by atoms with Gasteiger partial charge in [0.25, 0.3) is 0 Å². The number of hydrogen-bond acceptors (Lipinski definition) is 5. The van der Waals surface area contributed by atoms with Crippen molar-refractivity contribution in [3.05, 3.63) is 41.2 Å². The van der Waals surface area contributed by atoms with Crippen LogP contribution in [0, 0.1) is 13.8 Å². The number of nitrogens with zero attached hydrogens (tertiary/aromatic N) is 2. The van der Waals surface area contributed by atoms with Gasteiger partial charge in [0.15, 0.2) is 5.16 Å². The molecule has 25 heavy (non-hydrogen) atoms. The van der Waals surface area contributed by atoms with E-state index < -0.39 is 10.8 Å². The number of fused-ring (bicyclic) bond motifs is 1. The van der Waals surface area contributed by atoms with Crippen molar-refractivity contribution in [3.8, 4) is 11.5 Å². The molecule has 0 aliphatic heterocycles. The van der Waals surface area contributed by atoms with E-state index in [2.05, 4.69) is 15.0 Å². The Morgan fingerprint density at radius 2 is 1.96 bits per heavy atom. The van der Waals surface area contributed by atoms with Crippen LogP contribution >= 0.6 is 0 Å². The molecule has 2 heterocycles. The minimum absolute atomic E-state index is 0. The molecule has 0 fully saturated rings. The molecule has 3 aromatic rings. The third kappa shape index (κ3) is 4.32. The van der Waals surface area contributed by atoms with E-state index in [1.165, 1.54) is 0 Å². The van der Waals surface area contributed by atoms with Gasteiger partial charge in [-0.1, -0.05) is 0 Å². The van der Waals surface area contributed by atoms with Gasteiger partial charge in [-0.3, -0.25) is 9.19 Å². The van der Waals surface area contributed by atoms with E-state index in [1.807, 2.05) is 32.0 Å². The maximum Gasteiger partial charge on any atom is 0.197 e. The second-order valence-corrected chi connectivity index (χ2v) is 6.83. The van der Waals surface area contributed by atoms with Crippen LogP contribution in [0.4, 0.5) is 0 Å². The van der Waals surface area contributed by atoms with Crippen molar-refractivity contribution in [2.45, 2.75) is 24.8 Å². The SMILES string of the molecule is COc1ccc2nc([S@](=O)Cc3ncc(C)c(OC)c3C)[nH]c2c1.[K]. The second kappa shape index (κ2) is 8.74. The Hall–Kier alpha value is -0.774. The van der Waals surface area contributed by atoms with E-state index >= 15 is 0 Å².